The van der Waals surface area contributed by atoms with Gasteiger partial charge in [0.1, 0.15) is 66.2 Å². The van der Waals surface area contributed by atoms with Gasteiger partial charge in [0.2, 0.25) is 65.0 Å². The van der Waals surface area contributed by atoms with Crippen LogP contribution in [0.25, 0.3) is 32.4 Å². The van der Waals surface area contributed by atoms with Gasteiger partial charge >= 0.3 is 0 Å². The molecule has 3 aromatic heterocycles. The Morgan fingerprint density at radius 1 is 0.495 bits per heavy atom. The van der Waals surface area contributed by atoms with E-state index >= 15 is 19.2 Å². The van der Waals surface area contributed by atoms with Crippen molar-refractivity contribution in [3.8, 4) is 5.75 Å². The van der Waals surface area contributed by atoms with Gasteiger partial charge in [-0.05, 0) is 111 Å². The fourth-order valence-electron chi connectivity index (χ4n) is 13.5. The summed E-state index contributed by atoms with van der Waals surface area (Å²) in [5, 5.41) is 50.5. The van der Waals surface area contributed by atoms with Crippen LogP contribution in [0.1, 0.15) is 65.8 Å². The highest BCUT2D eigenvalue weighted by atomic mass is 35.5. The lowest BCUT2D eigenvalue weighted by Gasteiger charge is -2.31. The molecule has 1 saturated heterocycles. The summed E-state index contributed by atoms with van der Waals surface area (Å²) in [6.07, 6.45) is 6.78. The van der Waals surface area contributed by atoms with Crippen molar-refractivity contribution in [3.63, 3.8) is 0 Å². The minimum absolute atomic E-state index is 0.0355. The molecule has 29 heteroatoms. The van der Waals surface area contributed by atoms with E-state index in [0.29, 0.717) is 61.4 Å². The molecule has 0 saturated carbocycles. The molecular formula is C82H86ClN15O13. The first-order valence-electron chi connectivity index (χ1n) is 36.3. The number of pyridine rings is 1. The smallest absolute Gasteiger partial charge is 0.246 e. The standard InChI is InChI=1S/C82H86ClN15O13/c1-47(73(84)102)89-81(110)72-18-10-32-98(72)82(111)70(36-50-23-29-61(101)30-24-50)96-78(107)68(40-58-43-87-63-17-8-7-16-62(58)63)94-76(105)66(38-52-20-26-55-13-4-6-15-57(55)34-52)92-79(108)69(41-60-44-86-46-88-60)95-80(109)71(45-99)97-77(106)67(39-53-11-9-31-85-42-53)93-75(104)65(35-49-21-27-59(83)28-22-49)91-74(103)64(90-48(2)100)37-51-19-25-54-12-3-5-14-56(54)33-51/h3-9,11-17,19-31,33-34,42-44,46-47,64-72,87,99,101H,10,18,32,35-41,45H2,1-2H3,(H2,84,102)(H,86,88)(H,89,110)(H,90,100)(H,91,103)(H,92,108)(H,93,104)(H,94,105)(H,95,109)(H,96,107)(H,97,106)/t47-,64-,65-,66-,67-,68+,69+,70+,71+,72+/m1/s1. The first-order valence-corrected chi connectivity index (χ1v) is 36.7. The number of para-hydroxylation sites is 1. The molecule has 4 heterocycles. The Labute approximate surface area is 643 Å². The summed E-state index contributed by atoms with van der Waals surface area (Å²) in [5.41, 5.74) is 9.85. The Balaban J connectivity index is 0.863. The molecule has 0 unspecified atom stereocenters. The summed E-state index contributed by atoms with van der Waals surface area (Å²) in [4.78, 5) is 175. The van der Waals surface area contributed by atoms with E-state index in [0.717, 1.165) is 21.5 Å². The Bertz CT molecular complexity index is 5010. The van der Waals surface area contributed by atoms with E-state index in [9.17, 15) is 43.8 Å². The van der Waals surface area contributed by atoms with Crippen LogP contribution >= 0.6 is 11.6 Å². The lowest BCUT2D eigenvalue weighted by Crippen LogP contribution is -2.62. The molecule has 10 aromatic rings. The van der Waals surface area contributed by atoms with Crippen molar-refractivity contribution in [2.24, 2.45) is 5.73 Å². The fraction of sp³-hybridized carbons (Fsp3) is 0.280. The molecule has 11 amide bonds. The summed E-state index contributed by atoms with van der Waals surface area (Å²) < 4.78 is 0. The molecule has 15 N–H and O–H groups in total. The van der Waals surface area contributed by atoms with Crippen LogP contribution in [-0.4, -0.2) is 174 Å². The SMILES string of the molecule is CC(=O)N[C@H](Cc1ccc2ccccc2c1)C(=O)N[C@H](Cc1ccc(Cl)cc1)C(=O)N[C@H](Cc1cccnc1)C(=O)N[C@@H](CO)C(=O)N[C@@H](Cc1cnc[nH]1)C(=O)N[C@H](Cc1ccc2ccccc2c1)C(=O)N[C@@H](Cc1c[nH]c2ccccc12)C(=O)N[C@@H](Cc1ccc(O)cc1)C(=O)N1CCC[C@H]1C(=O)N[C@H](C)C(N)=O. The second kappa shape index (κ2) is 37.3. The number of carbonyl (C=O) groups excluding carboxylic acids is 11. The zero-order chi connectivity index (χ0) is 78.7. The van der Waals surface area contributed by atoms with Gasteiger partial charge in [-0.2, -0.15) is 0 Å². The maximum absolute atomic E-state index is 15.6. The van der Waals surface area contributed by atoms with Gasteiger partial charge in [-0.25, -0.2) is 4.98 Å². The first-order chi connectivity index (χ1) is 53.5. The van der Waals surface area contributed by atoms with Crippen molar-refractivity contribution in [2.75, 3.05) is 13.2 Å². The van der Waals surface area contributed by atoms with Crippen molar-refractivity contribution in [2.45, 2.75) is 132 Å². The third-order valence-corrected chi connectivity index (χ3v) is 19.6. The summed E-state index contributed by atoms with van der Waals surface area (Å²) in [7, 11) is 0. The number of carbonyl (C=O) groups is 11. The van der Waals surface area contributed by atoms with Crippen LogP contribution in [0.4, 0.5) is 0 Å². The number of rotatable bonds is 34. The van der Waals surface area contributed by atoms with Crippen molar-refractivity contribution >= 4 is 109 Å². The largest absolute Gasteiger partial charge is 0.508 e. The number of halogens is 1. The zero-order valence-corrected chi connectivity index (χ0v) is 61.5. The Morgan fingerprint density at radius 2 is 0.964 bits per heavy atom. The molecule has 11 rings (SSSR count). The number of nitrogens with two attached hydrogens (primary N) is 1. The van der Waals surface area contributed by atoms with Gasteiger partial charge in [-0.15, -0.1) is 0 Å². The van der Waals surface area contributed by atoms with Crippen molar-refractivity contribution in [1.29, 1.82) is 0 Å². The van der Waals surface area contributed by atoms with Crippen molar-refractivity contribution < 1.29 is 63.0 Å². The van der Waals surface area contributed by atoms with Gasteiger partial charge in [-0.1, -0.05) is 145 Å². The van der Waals surface area contributed by atoms with E-state index in [4.69, 9.17) is 17.3 Å². The molecular weight excluding hydrogens is 1440 g/mol. The lowest BCUT2D eigenvalue weighted by atomic mass is 9.99. The quantitative estimate of drug-likeness (QED) is 0.0273. The number of aromatic nitrogens is 4. The summed E-state index contributed by atoms with van der Waals surface area (Å²) in [5.74, 6) is -9.04. The molecule has 10 atom stereocenters. The molecule has 1 aliphatic rings. The second-order valence-electron chi connectivity index (χ2n) is 27.6. The Morgan fingerprint density at radius 3 is 1.50 bits per heavy atom. The third kappa shape index (κ3) is 21.5. The van der Waals surface area contributed by atoms with Crippen LogP contribution in [0.15, 0.2) is 201 Å². The van der Waals surface area contributed by atoms with E-state index in [2.05, 4.69) is 67.8 Å². The van der Waals surface area contributed by atoms with Crippen LogP contribution in [0.3, 0.4) is 0 Å². The highest BCUT2D eigenvalue weighted by Gasteiger charge is 2.41. The van der Waals surface area contributed by atoms with Gasteiger partial charge in [0.05, 0.1) is 12.9 Å². The number of aliphatic hydroxyl groups excluding tert-OH is 1. The number of primary amides is 1. The number of phenols is 1. The highest BCUT2D eigenvalue weighted by Crippen LogP contribution is 2.25. The van der Waals surface area contributed by atoms with E-state index in [-0.39, 0.29) is 63.7 Å². The van der Waals surface area contributed by atoms with E-state index in [1.54, 1.807) is 66.9 Å². The Hall–Kier alpha value is -12.8. The first kappa shape index (κ1) is 79.2. The molecule has 1 aliphatic heterocycles. The topological polar surface area (TPSA) is 423 Å². The van der Waals surface area contributed by atoms with Crippen molar-refractivity contribution in [1.82, 2.24) is 72.7 Å². The number of nitrogens with one attached hydrogen (secondary N) is 11. The molecule has 0 radical (unpaired) electrons. The van der Waals surface area contributed by atoms with Crippen molar-refractivity contribution in [3.05, 3.63) is 245 Å². The van der Waals surface area contributed by atoms with Gasteiger partial charge in [0.25, 0.3) is 0 Å². The second-order valence-corrected chi connectivity index (χ2v) is 28.0. The number of imidazole rings is 1. The van der Waals surface area contributed by atoms with Gasteiger partial charge in [-0.3, -0.25) is 57.7 Å². The number of aromatic hydroxyl groups is 1. The lowest BCUT2D eigenvalue weighted by molar-refractivity contribution is -0.142. The predicted octanol–water partition coefficient (Wildman–Crippen LogP) is 3.82. The summed E-state index contributed by atoms with van der Waals surface area (Å²) >= 11 is 6.27. The molecule has 7 aromatic carbocycles. The van der Waals surface area contributed by atoms with E-state index < -0.39 is 132 Å². The molecule has 0 bridgehead atoms. The number of hydrogen-bond acceptors (Lipinski definition) is 15. The zero-order valence-electron chi connectivity index (χ0n) is 60.8. The number of H-pyrrole nitrogens is 2. The number of phenolic OH excluding ortho intramolecular Hbond substituents is 1. The van der Waals surface area contributed by atoms with Crippen LogP contribution in [-0.2, 0) is 97.7 Å². The Kier molecular flexibility index (Phi) is 26.6. The molecule has 28 nitrogen and oxygen atoms in total. The maximum atomic E-state index is 15.6. The number of hydrogen-bond donors (Lipinski definition) is 14. The number of fused-ring (bicyclic) bond motifs is 3. The number of likely N-dealkylation sites (tertiary alicyclic amines) is 1. The number of benzene rings is 7. The number of amides is 11. The number of aromatic amines is 2. The van der Waals surface area contributed by atoms with Gasteiger partial charge in [0.15, 0.2) is 0 Å². The number of aliphatic hydroxyl groups is 1. The molecule has 111 heavy (non-hydrogen) atoms. The molecule has 574 valence electrons. The minimum Gasteiger partial charge on any atom is -0.508 e. The van der Waals surface area contributed by atoms with Gasteiger partial charge in [0, 0.05) is 105 Å². The van der Waals surface area contributed by atoms with E-state index in [1.807, 2.05) is 97.1 Å². The fourth-order valence-corrected chi connectivity index (χ4v) is 13.6. The summed E-state index contributed by atoms with van der Waals surface area (Å²) in [6, 6.07) is 35.0. The highest BCUT2D eigenvalue weighted by molar-refractivity contribution is 6.30. The molecule has 0 spiro atoms. The third-order valence-electron chi connectivity index (χ3n) is 19.4. The van der Waals surface area contributed by atoms with E-state index in [1.165, 1.54) is 55.8 Å². The molecule has 1 fully saturated rings. The average Bonchev–Trinajstić information content (AvgIpc) is 1.76. The average molecular weight is 1530 g/mol. The minimum atomic E-state index is -1.83. The number of nitrogens with zero attached hydrogens (tertiary/aromatic N) is 3. The normalized spacial score (nSPS) is 15.1. The molecule has 0 aliphatic carbocycles. The monoisotopic (exact) mass is 1520 g/mol. The predicted molar refractivity (Wildman–Crippen MR) is 414 cm³/mol. The van der Waals surface area contributed by atoms with Crippen LogP contribution in [0.5, 0.6) is 5.75 Å². The van der Waals surface area contributed by atoms with Crippen LogP contribution in [0, 0.1) is 0 Å². The van der Waals surface area contributed by atoms with Crippen LogP contribution < -0.4 is 53.6 Å². The van der Waals surface area contributed by atoms with Gasteiger partial charge < -0.3 is 78.7 Å². The van der Waals surface area contributed by atoms with Crippen LogP contribution in [0.2, 0.25) is 5.02 Å². The maximum Gasteiger partial charge on any atom is 0.246 e. The summed E-state index contributed by atoms with van der Waals surface area (Å²) in [6.45, 7) is 1.72.